The summed E-state index contributed by atoms with van der Waals surface area (Å²) in [5.41, 5.74) is 7.58. The third-order valence-corrected chi connectivity index (χ3v) is 2.53. The topological polar surface area (TPSA) is 77.5 Å². The van der Waals surface area contributed by atoms with Crippen molar-refractivity contribution in [1.29, 1.82) is 0 Å². The molecule has 1 amide bonds. The molecule has 0 bridgehead atoms. The number of anilines is 1. The molecule has 94 valence electrons. The Bertz CT molecular complexity index is 535. The number of ether oxygens (including phenoxy) is 1. The van der Waals surface area contributed by atoms with E-state index in [9.17, 15) is 4.79 Å². The molecule has 1 heterocycles. The van der Waals surface area contributed by atoms with Gasteiger partial charge in [0.2, 0.25) is 0 Å². The summed E-state index contributed by atoms with van der Waals surface area (Å²) in [6.45, 7) is 0.418. The van der Waals surface area contributed by atoms with Gasteiger partial charge in [0.25, 0.3) is 5.91 Å². The Morgan fingerprint density at radius 2 is 2.28 bits per heavy atom. The smallest absolute Gasteiger partial charge is 0.251 e. The monoisotopic (exact) mass is 246 g/mol. The average molecular weight is 246 g/mol. The molecule has 0 saturated carbocycles. The Labute approximate surface area is 105 Å². The van der Waals surface area contributed by atoms with Crippen LogP contribution in [0.2, 0.25) is 0 Å². The summed E-state index contributed by atoms with van der Waals surface area (Å²) < 4.78 is 9.94. The minimum absolute atomic E-state index is 0.189. The molecule has 5 nitrogen and oxygen atoms in total. The van der Waals surface area contributed by atoms with E-state index in [-0.39, 0.29) is 5.91 Å². The molecule has 0 aliphatic carbocycles. The van der Waals surface area contributed by atoms with Crippen LogP contribution in [0.15, 0.2) is 41.2 Å². The van der Waals surface area contributed by atoms with Gasteiger partial charge < -0.3 is 20.2 Å². The fraction of sp³-hybridized carbons (Fsp3) is 0.154. The fourth-order valence-corrected chi connectivity index (χ4v) is 1.55. The number of nitrogens with one attached hydrogen (secondary N) is 1. The Morgan fingerprint density at radius 1 is 1.44 bits per heavy atom. The molecule has 0 unspecified atom stereocenters. The van der Waals surface area contributed by atoms with Gasteiger partial charge in [-0.2, -0.15) is 0 Å². The van der Waals surface area contributed by atoms with Crippen LogP contribution >= 0.6 is 0 Å². The lowest BCUT2D eigenvalue weighted by atomic mass is 10.1. The zero-order valence-corrected chi connectivity index (χ0v) is 9.97. The number of methoxy groups -OCH3 is 1. The van der Waals surface area contributed by atoms with Gasteiger partial charge in [-0.3, -0.25) is 4.79 Å². The minimum atomic E-state index is -0.189. The van der Waals surface area contributed by atoms with Gasteiger partial charge in [-0.25, -0.2) is 0 Å². The SMILES string of the molecule is COc1ccc(C(=O)NCc2ccoc2)cc1N. The highest BCUT2D eigenvalue weighted by molar-refractivity contribution is 5.95. The maximum absolute atomic E-state index is 11.9. The number of hydrogen-bond donors (Lipinski definition) is 2. The lowest BCUT2D eigenvalue weighted by molar-refractivity contribution is 0.0951. The molecule has 0 spiro atoms. The summed E-state index contributed by atoms with van der Waals surface area (Å²) in [5.74, 6) is 0.368. The lowest BCUT2D eigenvalue weighted by Crippen LogP contribution is -2.22. The van der Waals surface area contributed by atoms with Crippen molar-refractivity contribution < 1.29 is 13.9 Å². The van der Waals surface area contributed by atoms with Gasteiger partial charge in [-0.05, 0) is 24.3 Å². The summed E-state index contributed by atoms with van der Waals surface area (Å²) in [4.78, 5) is 11.9. The van der Waals surface area contributed by atoms with Crippen molar-refractivity contribution in [3.63, 3.8) is 0 Å². The van der Waals surface area contributed by atoms with Gasteiger partial charge in [-0.15, -0.1) is 0 Å². The Morgan fingerprint density at radius 3 is 2.89 bits per heavy atom. The van der Waals surface area contributed by atoms with Crippen LogP contribution in [0.25, 0.3) is 0 Å². The van der Waals surface area contributed by atoms with Crippen molar-refractivity contribution in [2.24, 2.45) is 0 Å². The molecular formula is C13H14N2O3. The highest BCUT2D eigenvalue weighted by atomic mass is 16.5. The zero-order valence-electron chi connectivity index (χ0n) is 9.97. The van der Waals surface area contributed by atoms with Crippen LogP contribution in [0.5, 0.6) is 5.75 Å². The van der Waals surface area contributed by atoms with Crippen molar-refractivity contribution in [2.45, 2.75) is 6.54 Å². The van der Waals surface area contributed by atoms with E-state index in [0.717, 1.165) is 5.56 Å². The fourth-order valence-electron chi connectivity index (χ4n) is 1.55. The number of hydrogen-bond acceptors (Lipinski definition) is 4. The van der Waals surface area contributed by atoms with Gasteiger partial charge in [-0.1, -0.05) is 0 Å². The highest BCUT2D eigenvalue weighted by Crippen LogP contribution is 2.21. The van der Waals surface area contributed by atoms with Crippen LogP contribution in [-0.4, -0.2) is 13.0 Å². The van der Waals surface area contributed by atoms with E-state index in [2.05, 4.69) is 5.32 Å². The molecule has 0 aliphatic rings. The van der Waals surface area contributed by atoms with Crippen molar-refractivity contribution in [2.75, 3.05) is 12.8 Å². The maximum Gasteiger partial charge on any atom is 0.251 e. The number of carbonyl (C=O) groups excluding carboxylic acids is 1. The second-order valence-electron chi connectivity index (χ2n) is 3.77. The third kappa shape index (κ3) is 2.63. The summed E-state index contributed by atoms with van der Waals surface area (Å²) >= 11 is 0. The average Bonchev–Trinajstić information content (AvgIpc) is 2.89. The van der Waals surface area contributed by atoms with Crippen LogP contribution in [0.3, 0.4) is 0 Å². The summed E-state index contributed by atoms with van der Waals surface area (Å²) in [6.07, 6.45) is 3.15. The van der Waals surface area contributed by atoms with Crippen molar-refractivity contribution >= 4 is 11.6 Å². The number of furan rings is 1. The normalized spacial score (nSPS) is 10.1. The zero-order chi connectivity index (χ0) is 13.0. The molecule has 2 aromatic rings. The highest BCUT2D eigenvalue weighted by Gasteiger charge is 2.08. The predicted octanol–water partition coefficient (Wildman–Crippen LogP) is 1.80. The van der Waals surface area contributed by atoms with E-state index in [1.165, 1.54) is 7.11 Å². The largest absolute Gasteiger partial charge is 0.495 e. The summed E-state index contributed by atoms with van der Waals surface area (Å²) in [6, 6.07) is 6.72. The van der Waals surface area contributed by atoms with Gasteiger partial charge >= 0.3 is 0 Å². The molecule has 0 fully saturated rings. The Hall–Kier alpha value is -2.43. The van der Waals surface area contributed by atoms with Crippen LogP contribution in [0, 0.1) is 0 Å². The molecule has 0 saturated heterocycles. The molecule has 1 aromatic carbocycles. The minimum Gasteiger partial charge on any atom is -0.495 e. The number of amides is 1. The number of rotatable bonds is 4. The van der Waals surface area contributed by atoms with E-state index in [4.69, 9.17) is 14.9 Å². The molecular weight excluding hydrogens is 232 g/mol. The van der Waals surface area contributed by atoms with Crippen LogP contribution in [0.1, 0.15) is 15.9 Å². The van der Waals surface area contributed by atoms with Crippen LogP contribution in [-0.2, 0) is 6.54 Å². The summed E-state index contributed by atoms with van der Waals surface area (Å²) in [7, 11) is 1.53. The second-order valence-corrected chi connectivity index (χ2v) is 3.77. The van der Waals surface area contributed by atoms with Gasteiger partial charge in [0, 0.05) is 17.7 Å². The standard InChI is InChI=1S/C13H14N2O3/c1-17-12-3-2-10(6-11(12)14)13(16)15-7-9-4-5-18-8-9/h2-6,8H,7,14H2,1H3,(H,15,16). The van der Waals surface area contributed by atoms with Crippen LogP contribution in [0.4, 0.5) is 5.69 Å². The first-order valence-electron chi connectivity index (χ1n) is 5.43. The van der Waals surface area contributed by atoms with Gasteiger partial charge in [0.1, 0.15) is 5.75 Å². The quantitative estimate of drug-likeness (QED) is 0.806. The number of benzene rings is 1. The first kappa shape index (κ1) is 12.0. The van der Waals surface area contributed by atoms with E-state index in [1.807, 2.05) is 0 Å². The lowest BCUT2D eigenvalue weighted by Gasteiger charge is -2.07. The van der Waals surface area contributed by atoms with Crippen molar-refractivity contribution in [3.8, 4) is 5.75 Å². The van der Waals surface area contributed by atoms with Gasteiger partial charge in [0.05, 0.1) is 25.3 Å². The molecule has 0 aliphatic heterocycles. The van der Waals surface area contributed by atoms with Crippen LogP contribution < -0.4 is 15.8 Å². The number of carbonyl (C=O) groups is 1. The molecule has 2 rings (SSSR count). The second kappa shape index (κ2) is 5.27. The van der Waals surface area contributed by atoms with E-state index >= 15 is 0 Å². The van der Waals surface area contributed by atoms with Crippen molar-refractivity contribution in [1.82, 2.24) is 5.32 Å². The maximum atomic E-state index is 11.9. The molecule has 0 radical (unpaired) electrons. The third-order valence-electron chi connectivity index (χ3n) is 2.53. The van der Waals surface area contributed by atoms with Gasteiger partial charge in [0.15, 0.2) is 0 Å². The molecule has 18 heavy (non-hydrogen) atoms. The van der Waals surface area contributed by atoms with E-state index in [0.29, 0.717) is 23.5 Å². The Balaban J connectivity index is 2.02. The number of nitrogens with two attached hydrogens (primary N) is 1. The molecule has 1 aromatic heterocycles. The first-order valence-corrected chi connectivity index (χ1v) is 5.43. The Kier molecular flexibility index (Phi) is 3.52. The molecule has 5 heteroatoms. The molecule has 0 atom stereocenters. The van der Waals surface area contributed by atoms with E-state index in [1.54, 1.807) is 36.8 Å². The number of nitrogen functional groups attached to an aromatic ring is 1. The summed E-state index contributed by atoms with van der Waals surface area (Å²) in [5, 5.41) is 2.77. The van der Waals surface area contributed by atoms with E-state index < -0.39 is 0 Å². The first-order chi connectivity index (χ1) is 8.70. The molecule has 3 N–H and O–H groups in total. The van der Waals surface area contributed by atoms with Crippen molar-refractivity contribution in [3.05, 3.63) is 47.9 Å². The predicted molar refractivity (Wildman–Crippen MR) is 67.3 cm³/mol.